The van der Waals surface area contributed by atoms with Crippen LogP contribution in [-0.2, 0) is 4.79 Å². The maximum Gasteiger partial charge on any atom is 0.303 e. The molecule has 3 heteroatoms. The van der Waals surface area contributed by atoms with Crippen LogP contribution < -0.4 is 0 Å². The summed E-state index contributed by atoms with van der Waals surface area (Å²) in [6.07, 6.45) is 28.9. The second-order valence-corrected chi connectivity index (χ2v) is 5.55. The quantitative estimate of drug-likeness (QED) is 0.322. The van der Waals surface area contributed by atoms with Gasteiger partial charge in [-0.05, 0) is 38.5 Å². The lowest BCUT2D eigenvalue weighted by Crippen LogP contribution is -2.05. The molecule has 0 heterocycles. The van der Waals surface area contributed by atoms with E-state index in [2.05, 4.69) is 55.5 Å². The topological polar surface area (TPSA) is 57.5 Å². The number of allylic oxidation sites excluding steroid dienone is 11. The molecule has 0 radical (unpaired) electrons. The fourth-order valence-electron chi connectivity index (χ4n) is 1.87. The first-order valence-electron chi connectivity index (χ1n) is 9.00. The van der Waals surface area contributed by atoms with Crippen LogP contribution in [0, 0.1) is 0 Å². The van der Waals surface area contributed by atoms with Gasteiger partial charge in [-0.15, -0.1) is 0 Å². The first-order chi connectivity index (χ1) is 12.2. The van der Waals surface area contributed by atoms with Crippen LogP contribution in [0.25, 0.3) is 0 Å². The summed E-state index contributed by atoms with van der Waals surface area (Å²) in [6, 6.07) is 0. The Kier molecular flexibility index (Phi) is 16.7. The molecule has 0 saturated carbocycles. The minimum atomic E-state index is -0.887. The fourth-order valence-corrected chi connectivity index (χ4v) is 1.87. The predicted molar refractivity (Wildman–Crippen MR) is 106 cm³/mol. The van der Waals surface area contributed by atoms with Crippen molar-refractivity contribution in [2.45, 2.75) is 58.0 Å². The molecular weight excluding hydrogens is 312 g/mol. The zero-order valence-corrected chi connectivity index (χ0v) is 15.3. The average molecular weight is 344 g/mol. The number of carboxylic acids is 1. The molecule has 138 valence electrons. The lowest BCUT2D eigenvalue weighted by atomic mass is 10.2. The van der Waals surface area contributed by atoms with Gasteiger partial charge in [-0.25, -0.2) is 0 Å². The highest BCUT2D eigenvalue weighted by Crippen LogP contribution is 1.99. The molecule has 0 aliphatic rings. The molecule has 0 spiro atoms. The predicted octanol–water partition coefficient (Wildman–Crippen LogP) is 5.52. The van der Waals surface area contributed by atoms with Gasteiger partial charge in [-0.1, -0.05) is 79.8 Å². The van der Waals surface area contributed by atoms with E-state index in [1.54, 1.807) is 12.2 Å². The lowest BCUT2D eigenvalue weighted by Gasteiger charge is -2.00. The molecule has 2 N–H and O–H groups in total. The third kappa shape index (κ3) is 19.8. The van der Waals surface area contributed by atoms with Crippen LogP contribution in [0.15, 0.2) is 72.9 Å². The molecule has 3 nitrogen and oxygen atoms in total. The molecular formula is C22H32O3. The molecule has 0 amide bonds. The number of aliphatic carboxylic acids is 1. The van der Waals surface area contributed by atoms with Crippen molar-refractivity contribution < 1.29 is 15.0 Å². The molecule has 1 atom stereocenters. The van der Waals surface area contributed by atoms with Crippen molar-refractivity contribution in [1.82, 2.24) is 0 Å². The third-order valence-corrected chi connectivity index (χ3v) is 3.23. The van der Waals surface area contributed by atoms with Crippen LogP contribution >= 0.6 is 0 Å². The smallest absolute Gasteiger partial charge is 0.303 e. The Morgan fingerprint density at radius 3 is 1.76 bits per heavy atom. The summed E-state index contributed by atoms with van der Waals surface area (Å²) >= 11 is 0. The summed E-state index contributed by atoms with van der Waals surface area (Å²) in [5, 5.41) is 18.0. The summed E-state index contributed by atoms with van der Waals surface area (Å²) in [6.45, 7) is 2.14. The maximum absolute atomic E-state index is 10.4. The van der Waals surface area contributed by atoms with Gasteiger partial charge in [0.05, 0.1) is 6.10 Å². The molecule has 0 aliphatic heterocycles. The molecule has 0 bridgehead atoms. The number of hydrogen-bond acceptors (Lipinski definition) is 2. The summed E-state index contributed by atoms with van der Waals surface area (Å²) in [4.78, 5) is 10.4. The van der Waals surface area contributed by atoms with Crippen molar-refractivity contribution in [3.8, 4) is 0 Å². The number of rotatable bonds is 14. The van der Waals surface area contributed by atoms with Crippen molar-refractivity contribution in [2.75, 3.05) is 0 Å². The van der Waals surface area contributed by atoms with Crippen molar-refractivity contribution >= 4 is 5.97 Å². The number of carboxylic acid groups (broad SMARTS) is 1. The second-order valence-electron chi connectivity index (χ2n) is 5.55. The van der Waals surface area contributed by atoms with Gasteiger partial charge in [0.2, 0.25) is 0 Å². The Bertz CT molecular complexity index is 493. The third-order valence-electron chi connectivity index (χ3n) is 3.23. The monoisotopic (exact) mass is 344 g/mol. The highest BCUT2D eigenvalue weighted by atomic mass is 16.4. The zero-order chi connectivity index (χ0) is 18.6. The van der Waals surface area contributed by atoms with Crippen LogP contribution in [-0.4, -0.2) is 22.3 Å². The van der Waals surface area contributed by atoms with Crippen LogP contribution in [0.4, 0.5) is 0 Å². The van der Waals surface area contributed by atoms with Gasteiger partial charge in [-0.2, -0.15) is 0 Å². The average Bonchev–Trinajstić information content (AvgIpc) is 2.59. The molecule has 0 fully saturated rings. The minimum Gasteiger partial charge on any atom is -0.481 e. The molecule has 0 rings (SSSR count). The van der Waals surface area contributed by atoms with Crippen molar-refractivity contribution in [3.05, 3.63) is 72.9 Å². The van der Waals surface area contributed by atoms with Crippen molar-refractivity contribution in [1.29, 1.82) is 0 Å². The number of aliphatic hydroxyl groups is 1. The van der Waals surface area contributed by atoms with Gasteiger partial charge in [0, 0.05) is 6.42 Å². The highest BCUT2D eigenvalue weighted by Gasteiger charge is 2.02. The molecule has 0 aromatic heterocycles. The summed E-state index contributed by atoms with van der Waals surface area (Å²) in [5.41, 5.74) is 0. The van der Waals surface area contributed by atoms with Crippen LogP contribution in [0.2, 0.25) is 0 Å². The Hall–Kier alpha value is -2.13. The molecule has 0 aromatic rings. The molecule has 25 heavy (non-hydrogen) atoms. The molecule has 0 unspecified atom stereocenters. The Balaban J connectivity index is 3.66. The Morgan fingerprint density at radius 2 is 1.28 bits per heavy atom. The van der Waals surface area contributed by atoms with E-state index in [0.717, 1.165) is 32.1 Å². The van der Waals surface area contributed by atoms with E-state index in [1.807, 2.05) is 12.2 Å². The maximum atomic E-state index is 10.4. The summed E-state index contributed by atoms with van der Waals surface area (Å²) < 4.78 is 0. The number of aliphatic hydroxyl groups excluding tert-OH is 1. The summed E-state index contributed by atoms with van der Waals surface area (Å²) in [7, 11) is 0. The standard InChI is InChI=1S/C22H32O3/c1-2-3-4-5-6-7-8-9-10-11-12-13-14-15-16-17-18-21(23)19-20-22(24)25/h3-4,6-7,9-10,12-13,15-18,21,23H,2,5,8,11,14,19-20H2,1H3,(H,24,25)/b4-3-,7-6-,10-9-,13-12-,16-15-,18-17+/t21-/m1/s1. The second kappa shape index (κ2) is 18.2. The number of hydrogen-bond donors (Lipinski definition) is 2. The zero-order valence-electron chi connectivity index (χ0n) is 15.3. The van der Waals surface area contributed by atoms with Gasteiger partial charge in [0.15, 0.2) is 0 Å². The van der Waals surface area contributed by atoms with Gasteiger partial charge >= 0.3 is 5.97 Å². The van der Waals surface area contributed by atoms with Gasteiger partial charge in [-0.3, -0.25) is 4.79 Å². The van der Waals surface area contributed by atoms with E-state index >= 15 is 0 Å². The van der Waals surface area contributed by atoms with Crippen LogP contribution in [0.1, 0.15) is 51.9 Å². The number of carbonyl (C=O) groups is 1. The van der Waals surface area contributed by atoms with Gasteiger partial charge in [0.1, 0.15) is 0 Å². The van der Waals surface area contributed by atoms with E-state index in [9.17, 15) is 9.90 Å². The van der Waals surface area contributed by atoms with Crippen molar-refractivity contribution in [2.24, 2.45) is 0 Å². The fraction of sp³-hybridized carbons (Fsp3) is 0.409. The molecule has 0 aromatic carbocycles. The normalized spacial score (nSPS) is 14.3. The van der Waals surface area contributed by atoms with Gasteiger partial charge < -0.3 is 10.2 Å². The summed E-state index contributed by atoms with van der Waals surface area (Å²) in [5.74, 6) is -0.887. The first-order valence-corrected chi connectivity index (χ1v) is 9.00. The lowest BCUT2D eigenvalue weighted by molar-refractivity contribution is -0.137. The van der Waals surface area contributed by atoms with Gasteiger partial charge in [0.25, 0.3) is 0 Å². The largest absolute Gasteiger partial charge is 0.481 e. The van der Waals surface area contributed by atoms with Crippen LogP contribution in [0.5, 0.6) is 0 Å². The SMILES string of the molecule is CC/C=C\C/C=C\C/C=C\C/C=C\C/C=C\C=C\[C@@H](O)CCC(=O)O. The molecule has 0 saturated heterocycles. The highest BCUT2D eigenvalue weighted by molar-refractivity contribution is 5.66. The van der Waals surface area contributed by atoms with E-state index in [1.165, 1.54) is 0 Å². The van der Waals surface area contributed by atoms with E-state index < -0.39 is 12.1 Å². The Morgan fingerprint density at radius 1 is 0.800 bits per heavy atom. The van der Waals surface area contributed by atoms with Crippen LogP contribution in [0.3, 0.4) is 0 Å². The minimum absolute atomic E-state index is 0.0167. The van der Waals surface area contributed by atoms with E-state index in [4.69, 9.17) is 5.11 Å². The Labute approximate surface area is 152 Å². The van der Waals surface area contributed by atoms with Crippen molar-refractivity contribution in [3.63, 3.8) is 0 Å². The van der Waals surface area contributed by atoms with E-state index in [-0.39, 0.29) is 12.8 Å². The van der Waals surface area contributed by atoms with E-state index in [0.29, 0.717) is 0 Å². The molecule has 0 aliphatic carbocycles. The first kappa shape index (κ1) is 22.9.